The number of rotatable bonds is 7. The fourth-order valence-corrected chi connectivity index (χ4v) is 3.00. The average Bonchev–Trinajstić information content (AvgIpc) is 2.25. The van der Waals surface area contributed by atoms with Gasteiger partial charge in [0.15, 0.2) is 0 Å². The Hall–Kier alpha value is 0.270. The molecule has 0 aromatic heterocycles. The van der Waals surface area contributed by atoms with E-state index in [2.05, 4.69) is 12.2 Å². The maximum Gasteiger partial charge on any atom is 0.0438 e. The molecule has 2 N–H and O–H groups in total. The topological polar surface area (TPSA) is 32.3 Å². The van der Waals surface area contributed by atoms with Crippen molar-refractivity contribution in [2.45, 2.75) is 45.1 Å². The molecule has 2 atom stereocenters. The standard InChI is InChI=1S/C12H25NOS/c1-11-5-2-3-6-12(11)13-7-10-15-9-4-8-14/h11-14H,2-10H2,1H3/t11-,12+/m0/s1. The average molecular weight is 231 g/mol. The quantitative estimate of drug-likeness (QED) is 0.659. The fourth-order valence-electron chi connectivity index (χ4n) is 2.20. The highest BCUT2D eigenvalue weighted by Gasteiger charge is 2.19. The van der Waals surface area contributed by atoms with Gasteiger partial charge in [-0.25, -0.2) is 0 Å². The van der Waals surface area contributed by atoms with Crippen LogP contribution < -0.4 is 5.32 Å². The van der Waals surface area contributed by atoms with Gasteiger partial charge >= 0.3 is 0 Å². The summed E-state index contributed by atoms with van der Waals surface area (Å²) < 4.78 is 0. The molecule has 0 bridgehead atoms. The zero-order valence-corrected chi connectivity index (χ0v) is 10.7. The van der Waals surface area contributed by atoms with Crippen molar-refractivity contribution in [3.63, 3.8) is 0 Å². The number of nitrogens with one attached hydrogen (secondary N) is 1. The molecule has 1 rings (SSSR count). The van der Waals surface area contributed by atoms with Gasteiger partial charge in [0.2, 0.25) is 0 Å². The summed E-state index contributed by atoms with van der Waals surface area (Å²) in [6.07, 6.45) is 6.52. The molecule has 1 fully saturated rings. The molecule has 0 saturated heterocycles. The van der Waals surface area contributed by atoms with Crippen LogP contribution in [0.4, 0.5) is 0 Å². The SMILES string of the molecule is C[C@H]1CCCC[C@H]1NCCSCCCO. The minimum atomic E-state index is 0.333. The van der Waals surface area contributed by atoms with Crippen LogP contribution in [0.3, 0.4) is 0 Å². The van der Waals surface area contributed by atoms with Gasteiger partial charge in [0.1, 0.15) is 0 Å². The Balaban J connectivity index is 1.94. The van der Waals surface area contributed by atoms with Gasteiger partial charge in [-0.2, -0.15) is 11.8 Å². The minimum absolute atomic E-state index is 0.333. The molecule has 0 heterocycles. The van der Waals surface area contributed by atoms with Crippen LogP contribution in [-0.2, 0) is 0 Å². The molecule has 0 unspecified atom stereocenters. The Bertz CT molecular complexity index is 155. The second kappa shape index (κ2) is 8.43. The van der Waals surface area contributed by atoms with Crippen molar-refractivity contribution in [3.05, 3.63) is 0 Å². The highest BCUT2D eigenvalue weighted by Crippen LogP contribution is 2.23. The normalized spacial score (nSPS) is 26.8. The summed E-state index contributed by atoms with van der Waals surface area (Å²) in [6.45, 7) is 3.83. The number of aliphatic hydroxyl groups is 1. The lowest BCUT2D eigenvalue weighted by atomic mass is 9.86. The van der Waals surface area contributed by atoms with Crippen LogP contribution in [0.5, 0.6) is 0 Å². The van der Waals surface area contributed by atoms with Crippen LogP contribution >= 0.6 is 11.8 Å². The van der Waals surface area contributed by atoms with Crippen LogP contribution in [0.25, 0.3) is 0 Å². The van der Waals surface area contributed by atoms with Crippen LogP contribution in [0.15, 0.2) is 0 Å². The minimum Gasteiger partial charge on any atom is -0.396 e. The fraction of sp³-hybridized carbons (Fsp3) is 1.00. The summed E-state index contributed by atoms with van der Waals surface area (Å²) >= 11 is 1.95. The van der Waals surface area contributed by atoms with Gasteiger partial charge in [-0.15, -0.1) is 0 Å². The van der Waals surface area contributed by atoms with Crippen molar-refractivity contribution >= 4 is 11.8 Å². The zero-order valence-electron chi connectivity index (χ0n) is 9.87. The molecular weight excluding hydrogens is 206 g/mol. The van der Waals surface area contributed by atoms with Crippen LogP contribution in [-0.4, -0.2) is 35.8 Å². The van der Waals surface area contributed by atoms with E-state index in [0.717, 1.165) is 30.7 Å². The van der Waals surface area contributed by atoms with E-state index < -0.39 is 0 Å². The van der Waals surface area contributed by atoms with Gasteiger partial charge in [0, 0.05) is 24.9 Å². The maximum atomic E-state index is 8.63. The molecule has 2 nitrogen and oxygen atoms in total. The van der Waals surface area contributed by atoms with E-state index in [9.17, 15) is 0 Å². The highest BCUT2D eigenvalue weighted by atomic mass is 32.2. The molecule has 90 valence electrons. The van der Waals surface area contributed by atoms with Gasteiger partial charge in [-0.1, -0.05) is 19.8 Å². The van der Waals surface area contributed by atoms with E-state index in [1.54, 1.807) is 0 Å². The van der Waals surface area contributed by atoms with Crippen LogP contribution in [0.2, 0.25) is 0 Å². The second-order valence-corrected chi connectivity index (χ2v) is 5.74. The highest BCUT2D eigenvalue weighted by molar-refractivity contribution is 7.99. The van der Waals surface area contributed by atoms with Crippen molar-refractivity contribution in [1.82, 2.24) is 5.32 Å². The van der Waals surface area contributed by atoms with Crippen molar-refractivity contribution in [2.24, 2.45) is 5.92 Å². The Labute approximate surface area is 98.2 Å². The molecule has 0 aliphatic heterocycles. The Kier molecular flexibility index (Phi) is 7.49. The van der Waals surface area contributed by atoms with Gasteiger partial charge in [0.25, 0.3) is 0 Å². The molecule has 1 aliphatic carbocycles. The third kappa shape index (κ3) is 5.79. The summed E-state index contributed by atoms with van der Waals surface area (Å²) in [5.74, 6) is 3.14. The Morgan fingerprint density at radius 3 is 2.80 bits per heavy atom. The molecule has 1 aliphatic rings. The third-order valence-corrected chi connectivity index (χ3v) is 4.28. The van der Waals surface area contributed by atoms with E-state index in [0.29, 0.717) is 6.61 Å². The predicted molar refractivity (Wildman–Crippen MR) is 68.5 cm³/mol. The number of aliphatic hydroxyl groups excluding tert-OH is 1. The van der Waals surface area contributed by atoms with Gasteiger partial charge < -0.3 is 10.4 Å². The monoisotopic (exact) mass is 231 g/mol. The molecule has 0 amide bonds. The zero-order chi connectivity index (χ0) is 10.9. The number of hydrogen-bond donors (Lipinski definition) is 2. The maximum absolute atomic E-state index is 8.63. The largest absolute Gasteiger partial charge is 0.396 e. The first-order valence-electron chi connectivity index (χ1n) is 6.26. The lowest BCUT2D eigenvalue weighted by Crippen LogP contribution is -2.38. The summed E-state index contributed by atoms with van der Waals surface area (Å²) in [7, 11) is 0. The summed E-state index contributed by atoms with van der Waals surface area (Å²) in [4.78, 5) is 0. The molecular formula is C12H25NOS. The van der Waals surface area contributed by atoms with E-state index in [4.69, 9.17) is 5.11 Å². The molecule has 3 heteroatoms. The summed E-state index contributed by atoms with van der Waals surface area (Å²) in [5, 5.41) is 12.3. The Morgan fingerprint density at radius 2 is 2.07 bits per heavy atom. The number of thioether (sulfide) groups is 1. The van der Waals surface area contributed by atoms with Crippen LogP contribution in [0.1, 0.15) is 39.0 Å². The summed E-state index contributed by atoms with van der Waals surface area (Å²) in [5.41, 5.74) is 0. The van der Waals surface area contributed by atoms with Crippen molar-refractivity contribution in [1.29, 1.82) is 0 Å². The van der Waals surface area contributed by atoms with Crippen molar-refractivity contribution in [2.75, 3.05) is 24.7 Å². The van der Waals surface area contributed by atoms with Crippen molar-refractivity contribution < 1.29 is 5.11 Å². The van der Waals surface area contributed by atoms with Gasteiger partial charge in [-0.05, 0) is 30.9 Å². The smallest absolute Gasteiger partial charge is 0.0438 e. The first-order valence-corrected chi connectivity index (χ1v) is 7.42. The molecule has 1 saturated carbocycles. The number of hydrogen-bond acceptors (Lipinski definition) is 3. The third-order valence-electron chi connectivity index (χ3n) is 3.21. The van der Waals surface area contributed by atoms with E-state index in [1.807, 2.05) is 11.8 Å². The van der Waals surface area contributed by atoms with Gasteiger partial charge in [0.05, 0.1) is 0 Å². The molecule has 15 heavy (non-hydrogen) atoms. The lowest BCUT2D eigenvalue weighted by Gasteiger charge is -2.29. The summed E-state index contributed by atoms with van der Waals surface area (Å²) in [6, 6.07) is 0.761. The van der Waals surface area contributed by atoms with Crippen LogP contribution in [0, 0.1) is 5.92 Å². The first kappa shape index (κ1) is 13.3. The molecule has 0 aromatic carbocycles. The Morgan fingerprint density at radius 1 is 1.27 bits per heavy atom. The molecule has 0 aromatic rings. The van der Waals surface area contributed by atoms with Gasteiger partial charge in [-0.3, -0.25) is 0 Å². The molecule has 0 radical (unpaired) electrons. The van der Waals surface area contributed by atoms with E-state index in [-0.39, 0.29) is 0 Å². The second-order valence-electron chi connectivity index (χ2n) is 4.51. The first-order chi connectivity index (χ1) is 7.34. The lowest BCUT2D eigenvalue weighted by molar-refractivity contribution is 0.285. The predicted octanol–water partition coefficient (Wildman–Crippen LogP) is 2.27. The molecule has 0 spiro atoms. The van der Waals surface area contributed by atoms with E-state index in [1.165, 1.54) is 31.4 Å². The van der Waals surface area contributed by atoms with Crippen molar-refractivity contribution in [3.8, 4) is 0 Å². The van der Waals surface area contributed by atoms with E-state index >= 15 is 0 Å².